The Kier molecular flexibility index (Phi) is 7.05. The number of methoxy groups -OCH3 is 1. The number of phenolic OH excluding ortho intramolecular Hbond substituents is 3. The van der Waals surface area contributed by atoms with Crippen LogP contribution >= 0.6 is 0 Å². The van der Waals surface area contributed by atoms with Gasteiger partial charge in [0.15, 0.2) is 17.2 Å². The topological polar surface area (TPSA) is 129 Å². The molecule has 0 unspecified atom stereocenters. The fourth-order valence-electron chi connectivity index (χ4n) is 2.71. The second-order valence-corrected chi connectivity index (χ2v) is 6.04. The summed E-state index contributed by atoms with van der Waals surface area (Å²) in [6, 6.07) is 2.18. The van der Waals surface area contributed by atoms with Gasteiger partial charge in [-0.15, -0.1) is 0 Å². The number of hydrogen-bond donors (Lipinski definition) is 4. The van der Waals surface area contributed by atoms with Gasteiger partial charge in [0.2, 0.25) is 5.91 Å². The molecule has 0 bridgehead atoms. The molecule has 1 aliphatic heterocycles. The summed E-state index contributed by atoms with van der Waals surface area (Å²) in [7, 11) is 1.55. The molecule has 1 heterocycles. The molecule has 0 atom stereocenters. The van der Waals surface area contributed by atoms with Gasteiger partial charge >= 0.3 is 0 Å². The van der Waals surface area contributed by atoms with E-state index >= 15 is 0 Å². The summed E-state index contributed by atoms with van der Waals surface area (Å²) in [6.07, 6.45) is 1.18. The Labute approximate surface area is 151 Å². The van der Waals surface area contributed by atoms with Crippen molar-refractivity contribution in [3.63, 3.8) is 0 Å². The highest BCUT2D eigenvalue weighted by molar-refractivity contribution is 5.95. The van der Waals surface area contributed by atoms with E-state index in [0.717, 1.165) is 12.1 Å². The molecule has 0 spiro atoms. The van der Waals surface area contributed by atoms with Crippen molar-refractivity contribution in [2.24, 2.45) is 0 Å². The van der Waals surface area contributed by atoms with E-state index in [1.165, 1.54) is 0 Å². The number of phenols is 3. The van der Waals surface area contributed by atoms with Gasteiger partial charge in [-0.25, -0.2) is 0 Å². The smallest absolute Gasteiger partial charge is 0.254 e. The number of aromatic hydroxyl groups is 3. The van der Waals surface area contributed by atoms with Gasteiger partial charge in [-0.2, -0.15) is 0 Å². The predicted molar refractivity (Wildman–Crippen MR) is 91.2 cm³/mol. The van der Waals surface area contributed by atoms with E-state index < -0.39 is 17.2 Å². The van der Waals surface area contributed by atoms with Crippen LogP contribution in [-0.4, -0.2) is 78.1 Å². The van der Waals surface area contributed by atoms with E-state index in [1.54, 1.807) is 12.0 Å². The molecular formula is C17H24N2O7. The van der Waals surface area contributed by atoms with Gasteiger partial charge in [0.05, 0.1) is 13.2 Å². The monoisotopic (exact) mass is 368 g/mol. The van der Waals surface area contributed by atoms with Gasteiger partial charge in [-0.1, -0.05) is 0 Å². The molecule has 26 heavy (non-hydrogen) atoms. The Hall–Kier alpha value is -2.52. The maximum Gasteiger partial charge on any atom is 0.254 e. The van der Waals surface area contributed by atoms with Gasteiger partial charge in [0, 0.05) is 31.8 Å². The molecule has 0 aromatic heterocycles. The molecule has 2 amide bonds. The van der Waals surface area contributed by atoms with Crippen molar-refractivity contribution >= 4 is 11.8 Å². The average molecular weight is 368 g/mol. The fourth-order valence-corrected chi connectivity index (χ4v) is 2.71. The third kappa shape index (κ3) is 5.24. The number of nitrogens with one attached hydrogen (secondary N) is 1. The third-order valence-corrected chi connectivity index (χ3v) is 4.13. The lowest BCUT2D eigenvalue weighted by Gasteiger charge is -2.32. The number of piperidine rings is 1. The van der Waals surface area contributed by atoms with Crippen molar-refractivity contribution in [1.82, 2.24) is 10.2 Å². The normalized spacial score (nSPS) is 15.0. The van der Waals surface area contributed by atoms with Gasteiger partial charge in [-0.3, -0.25) is 9.59 Å². The van der Waals surface area contributed by atoms with Crippen LogP contribution < -0.4 is 5.32 Å². The zero-order valence-electron chi connectivity index (χ0n) is 14.6. The standard InChI is InChI=1S/C17H24N2O7/c1-25-6-7-26-10-15(22)18-12-2-4-19(5-3-12)17(24)11-8-13(20)16(23)14(21)9-11/h8-9,12,20-21,23H,2-7,10H2,1H3,(H,18,22). The minimum atomic E-state index is -0.657. The van der Waals surface area contributed by atoms with Crippen LogP contribution in [0.5, 0.6) is 17.2 Å². The molecule has 0 saturated carbocycles. The predicted octanol–water partition coefficient (Wildman–Crippen LogP) is 0.187. The summed E-state index contributed by atoms with van der Waals surface area (Å²) >= 11 is 0. The van der Waals surface area contributed by atoms with Crippen molar-refractivity contribution < 1.29 is 34.4 Å². The molecule has 0 aliphatic carbocycles. The van der Waals surface area contributed by atoms with E-state index in [4.69, 9.17) is 9.47 Å². The first-order valence-corrected chi connectivity index (χ1v) is 8.32. The Bertz CT molecular complexity index is 619. The molecule has 1 aliphatic rings. The lowest BCUT2D eigenvalue weighted by Crippen LogP contribution is -2.47. The molecule has 9 heteroatoms. The quantitative estimate of drug-likeness (QED) is 0.399. The first-order chi connectivity index (χ1) is 12.4. The lowest BCUT2D eigenvalue weighted by atomic mass is 10.0. The first kappa shape index (κ1) is 19.8. The van der Waals surface area contributed by atoms with Crippen LogP contribution in [0.25, 0.3) is 0 Å². The number of hydrogen-bond acceptors (Lipinski definition) is 7. The fraction of sp³-hybridized carbons (Fsp3) is 0.529. The number of amides is 2. The summed E-state index contributed by atoms with van der Waals surface area (Å²) in [4.78, 5) is 25.8. The van der Waals surface area contributed by atoms with Crippen LogP contribution in [0, 0.1) is 0 Å². The molecule has 0 radical (unpaired) electrons. The first-order valence-electron chi connectivity index (χ1n) is 8.32. The van der Waals surface area contributed by atoms with Crippen LogP contribution in [0.4, 0.5) is 0 Å². The largest absolute Gasteiger partial charge is 0.504 e. The Morgan fingerprint density at radius 1 is 1.15 bits per heavy atom. The summed E-state index contributed by atoms with van der Waals surface area (Å²) in [5.74, 6) is -2.33. The number of benzene rings is 1. The van der Waals surface area contributed by atoms with E-state index in [9.17, 15) is 24.9 Å². The number of nitrogens with zero attached hydrogens (tertiary/aromatic N) is 1. The second kappa shape index (κ2) is 9.25. The van der Waals surface area contributed by atoms with Crippen molar-refractivity contribution in [2.75, 3.05) is 40.0 Å². The van der Waals surface area contributed by atoms with Gasteiger partial charge < -0.3 is 35.0 Å². The number of carbonyl (C=O) groups is 2. The highest BCUT2D eigenvalue weighted by atomic mass is 16.5. The number of likely N-dealkylation sites (tertiary alicyclic amines) is 1. The Morgan fingerprint density at radius 2 is 1.77 bits per heavy atom. The molecule has 4 N–H and O–H groups in total. The van der Waals surface area contributed by atoms with E-state index in [-0.39, 0.29) is 30.0 Å². The van der Waals surface area contributed by atoms with Crippen molar-refractivity contribution in [2.45, 2.75) is 18.9 Å². The van der Waals surface area contributed by atoms with Gasteiger partial charge in [0.25, 0.3) is 5.91 Å². The number of ether oxygens (including phenoxy) is 2. The lowest BCUT2D eigenvalue weighted by molar-refractivity contribution is -0.127. The number of carbonyl (C=O) groups excluding carboxylic acids is 2. The Balaban J connectivity index is 1.81. The summed E-state index contributed by atoms with van der Waals surface area (Å²) < 4.78 is 9.98. The molecule has 2 rings (SSSR count). The van der Waals surface area contributed by atoms with Crippen LogP contribution in [0.3, 0.4) is 0 Å². The highest BCUT2D eigenvalue weighted by Gasteiger charge is 2.25. The SMILES string of the molecule is COCCOCC(=O)NC1CCN(C(=O)c2cc(O)c(O)c(O)c2)CC1. The summed E-state index contributed by atoms with van der Waals surface area (Å²) in [5, 5.41) is 31.3. The van der Waals surface area contributed by atoms with Crippen molar-refractivity contribution in [3.05, 3.63) is 17.7 Å². The zero-order valence-corrected chi connectivity index (χ0v) is 14.6. The molecule has 1 fully saturated rings. The van der Waals surface area contributed by atoms with Gasteiger partial charge in [-0.05, 0) is 25.0 Å². The van der Waals surface area contributed by atoms with Crippen LogP contribution in [0.2, 0.25) is 0 Å². The molecule has 1 aromatic carbocycles. The van der Waals surface area contributed by atoms with Crippen LogP contribution in [0.1, 0.15) is 23.2 Å². The third-order valence-electron chi connectivity index (χ3n) is 4.13. The Morgan fingerprint density at radius 3 is 2.35 bits per heavy atom. The van der Waals surface area contributed by atoms with E-state index in [0.29, 0.717) is 39.1 Å². The number of rotatable bonds is 7. The molecule has 144 valence electrons. The summed E-state index contributed by atoms with van der Waals surface area (Å²) in [6.45, 7) is 1.60. The highest BCUT2D eigenvalue weighted by Crippen LogP contribution is 2.35. The van der Waals surface area contributed by atoms with E-state index in [1.807, 2.05) is 0 Å². The minimum absolute atomic E-state index is 0.0332. The molecule has 1 saturated heterocycles. The maximum atomic E-state index is 12.5. The molecular weight excluding hydrogens is 344 g/mol. The minimum Gasteiger partial charge on any atom is -0.504 e. The summed E-state index contributed by atoms with van der Waals surface area (Å²) in [5.41, 5.74) is 0.0897. The van der Waals surface area contributed by atoms with Crippen LogP contribution in [0.15, 0.2) is 12.1 Å². The average Bonchev–Trinajstić information content (AvgIpc) is 2.63. The molecule has 1 aromatic rings. The van der Waals surface area contributed by atoms with Crippen molar-refractivity contribution in [3.8, 4) is 17.2 Å². The van der Waals surface area contributed by atoms with Gasteiger partial charge in [0.1, 0.15) is 6.61 Å². The second-order valence-electron chi connectivity index (χ2n) is 6.04. The zero-order chi connectivity index (χ0) is 19.1. The van der Waals surface area contributed by atoms with E-state index in [2.05, 4.69) is 5.32 Å². The van der Waals surface area contributed by atoms with Crippen molar-refractivity contribution in [1.29, 1.82) is 0 Å². The maximum absolute atomic E-state index is 12.5. The molecule has 9 nitrogen and oxygen atoms in total. The van der Waals surface area contributed by atoms with Crippen LogP contribution in [-0.2, 0) is 14.3 Å².